The maximum atomic E-state index is 12.2. The van der Waals surface area contributed by atoms with E-state index in [1.165, 1.54) is 0 Å². The van der Waals surface area contributed by atoms with E-state index >= 15 is 0 Å². The molecule has 0 saturated heterocycles. The number of rotatable bonds is 6. The van der Waals surface area contributed by atoms with Crippen LogP contribution in [0.4, 0.5) is 0 Å². The van der Waals surface area contributed by atoms with Crippen molar-refractivity contribution in [2.24, 2.45) is 5.10 Å². The number of nitrogens with zero attached hydrogens (tertiary/aromatic N) is 1. The Labute approximate surface area is 181 Å². The molecule has 0 aliphatic heterocycles. The summed E-state index contributed by atoms with van der Waals surface area (Å²) in [5.74, 6) is 1.46. The van der Waals surface area contributed by atoms with Gasteiger partial charge in [0, 0.05) is 28.6 Å². The van der Waals surface area contributed by atoms with Crippen molar-refractivity contribution in [3.05, 3.63) is 89.7 Å². The van der Waals surface area contributed by atoms with E-state index in [0.29, 0.717) is 12.0 Å². The number of furan rings is 1. The molecule has 0 radical (unpaired) electrons. The molecule has 0 aliphatic carbocycles. The zero-order chi connectivity index (χ0) is 21.8. The molecule has 5 heteroatoms. The minimum absolute atomic E-state index is 0.223. The van der Waals surface area contributed by atoms with E-state index in [2.05, 4.69) is 22.7 Å². The average molecular weight is 412 g/mol. The normalized spacial score (nSPS) is 11.5. The molecule has 0 bridgehead atoms. The molecule has 5 nitrogen and oxygen atoms in total. The largest absolute Gasteiger partial charge is 0.496 e. The van der Waals surface area contributed by atoms with Crippen molar-refractivity contribution in [1.82, 2.24) is 5.43 Å². The van der Waals surface area contributed by atoms with Crippen LogP contribution in [-0.2, 0) is 6.42 Å². The van der Waals surface area contributed by atoms with Gasteiger partial charge in [-0.15, -0.1) is 0 Å². The predicted molar refractivity (Wildman–Crippen MR) is 124 cm³/mol. The fraction of sp³-hybridized carbons (Fsp3) is 0.154. The highest BCUT2D eigenvalue weighted by Gasteiger charge is 2.11. The Kier molecular flexibility index (Phi) is 5.85. The van der Waals surface area contributed by atoms with Crippen molar-refractivity contribution < 1.29 is 13.9 Å². The molecule has 4 rings (SSSR count). The number of hydrazone groups is 1. The van der Waals surface area contributed by atoms with Crippen molar-refractivity contribution in [1.29, 1.82) is 0 Å². The highest BCUT2D eigenvalue weighted by Crippen LogP contribution is 2.33. The van der Waals surface area contributed by atoms with Crippen LogP contribution in [-0.4, -0.2) is 18.7 Å². The van der Waals surface area contributed by atoms with Crippen LogP contribution in [0.1, 0.15) is 28.6 Å². The van der Waals surface area contributed by atoms with Crippen LogP contribution >= 0.6 is 0 Å². The van der Waals surface area contributed by atoms with Gasteiger partial charge in [0.2, 0.25) is 0 Å². The van der Waals surface area contributed by atoms with Gasteiger partial charge in [-0.2, -0.15) is 5.10 Å². The van der Waals surface area contributed by atoms with Crippen LogP contribution in [0.25, 0.3) is 22.1 Å². The summed E-state index contributed by atoms with van der Waals surface area (Å²) in [6.45, 7) is 3.84. The van der Waals surface area contributed by atoms with Crippen molar-refractivity contribution in [2.45, 2.75) is 20.3 Å². The fourth-order valence-corrected chi connectivity index (χ4v) is 3.57. The predicted octanol–water partition coefficient (Wildman–Crippen LogP) is 5.77. The highest BCUT2D eigenvalue weighted by atomic mass is 16.5. The summed E-state index contributed by atoms with van der Waals surface area (Å²) in [5, 5.41) is 5.32. The number of aryl methyl sites for hydroxylation is 1. The Hall–Kier alpha value is -3.86. The molecule has 0 atom stereocenters. The zero-order valence-electron chi connectivity index (χ0n) is 17.8. The molecule has 156 valence electrons. The first-order valence-electron chi connectivity index (χ1n) is 10.1. The molecule has 1 N–H and O–H groups in total. The van der Waals surface area contributed by atoms with E-state index in [9.17, 15) is 4.79 Å². The first-order valence-corrected chi connectivity index (χ1v) is 10.1. The summed E-state index contributed by atoms with van der Waals surface area (Å²) >= 11 is 0. The van der Waals surface area contributed by atoms with Gasteiger partial charge in [-0.05, 0) is 67.4 Å². The van der Waals surface area contributed by atoms with Crippen LogP contribution in [0.3, 0.4) is 0 Å². The van der Waals surface area contributed by atoms with Gasteiger partial charge in [0.15, 0.2) is 0 Å². The fourth-order valence-electron chi connectivity index (χ4n) is 3.57. The highest BCUT2D eigenvalue weighted by molar-refractivity contribution is 5.95. The standard InChI is InChI=1S/C26H24N2O3/c1-17(27-28-26(29)20-7-5-4-6-8-20)13-19-9-11-25(30-3)23(15-19)21-10-12-24-22(16-21)14-18(2)31-24/h4-12,14-16H,13H2,1-3H3,(H,28,29). The third kappa shape index (κ3) is 4.67. The molecule has 0 aliphatic rings. The molecular weight excluding hydrogens is 388 g/mol. The Bertz CT molecular complexity index is 1260. The summed E-state index contributed by atoms with van der Waals surface area (Å²) in [4.78, 5) is 12.2. The topological polar surface area (TPSA) is 63.8 Å². The molecular formula is C26H24N2O3. The number of nitrogens with one attached hydrogen (secondary N) is 1. The molecule has 1 amide bonds. The lowest BCUT2D eigenvalue weighted by Crippen LogP contribution is -2.19. The van der Waals surface area contributed by atoms with Gasteiger partial charge in [-0.25, -0.2) is 5.43 Å². The van der Waals surface area contributed by atoms with E-state index in [1.807, 2.05) is 62.4 Å². The number of methoxy groups -OCH3 is 1. The summed E-state index contributed by atoms with van der Waals surface area (Å²) in [6, 6.07) is 23.3. The maximum absolute atomic E-state index is 12.2. The number of carbonyl (C=O) groups excluding carboxylic acids is 1. The summed E-state index contributed by atoms with van der Waals surface area (Å²) < 4.78 is 11.3. The van der Waals surface area contributed by atoms with Gasteiger partial charge in [0.05, 0.1) is 7.11 Å². The van der Waals surface area contributed by atoms with Crippen LogP contribution in [0.2, 0.25) is 0 Å². The summed E-state index contributed by atoms with van der Waals surface area (Å²) in [5.41, 5.74) is 8.01. The van der Waals surface area contributed by atoms with E-state index in [0.717, 1.165) is 44.9 Å². The lowest BCUT2D eigenvalue weighted by molar-refractivity contribution is 0.0954. The van der Waals surface area contributed by atoms with Gasteiger partial charge in [-0.3, -0.25) is 4.79 Å². The zero-order valence-corrected chi connectivity index (χ0v) is 17.8. The molecule has 3 aromatic carbocycles. The third-order valence-electron chi connectivity index (χ3n) is 5.06. The Morgan fingerprint density at radius 1 is 1.03 bits per heavy atom. The molecule has 31 heavy (non-hydrogen) atoms. The molecule has 0 unspecified atom stereocenters. The van der Waals surface area contributed by atoms with Crippen molar-refractivity contribution in [3.63, 3.8) is 0 Å². The summed E-state index contributed by atoms with van der Waals surface area (Å²) in [6.07, 6.45) is 0.610. The first-order chi connectivity index (χ1) is 15.0. The number of benzene rings is 3. The van der Waals surface area contributed by atoms with Crippen LogP contribution in [0, 0.1) is 6.92 Å². The Morgan fingerprint density at radius 3 is 2.61 bits per heavy atom. The van der Waals surface area contributed by atoms with E-state index in [-0.39, 0.29) is 5.91 Å². The first kappa shape index (κ1) is 20.4. The molecule has 0 saturated carbocycles. The molecule has 4 aromatic rings. The van der Waals surface area contributed by atoms with Crippen LogP contribution < -0.4 is 10.2 Å². The van der Waals surface area contributed by atoms with E-state index < -0.39 is 0 Å². The molecule has 0 fully saturated rings. The van der Waals surface area contributed by atoms with Gasteiger partial charge in [0.1, 0.15) is 17.1 Å². The van der Waals surface area contributed by atoms with Gasteiger partial charge in [0.25, 0.3) is 5.91 Å². The Balaban J connectivity index is 1.55. The van der Waals surface area contributed by atoms with E-state index in [4.69, 9.17) is 9.15 Å². The van der Waals surface area contributed by atoms with Crippen molar-refractivity contribution >= 4 is 22.6 Å². The minimum Gasteiger partial charge on any atom is -0.496 e. The second-order valence-electron chi connectivity index (χ2n) is 7.48. The number of fused-ring (bicyclic) bond motifs is 1. The Morgan fingerprint density at radius 2 is 1.84 bits per heavy atom. The summed E-state index contributed by atoms with van der Waals surface area (Å²) in [7, 11) is 1.67. The molecule has 0 spiro atoms. The van der Waals surface area contributed by atoms with Crippen LogP contribution in [0.5, 0.6) is 5.75 Å². The quantitative estimate of drug-likeness (QED) is 0.323. The van der Waals surface area contributed by atoms with Gasteiger partial charge >= 0.3 is 0 Å². The third-order valence-corrected chi connectivity index (χ3v) is 5.06. The van der Waals surface area contributed by atoms with Crippen LogP contribution in [0.15, 0.2) is 82.3 Å². The lowest BCUT2D eigenvalue weighted by Gasteiger charge is -2.11. The number of amides is 1. The second kappa shape index (κ2) is 8.88. The average Bonchev–Trinajstić information content (AvgIpc) is 3.17. The van der Waals surface area contributed by atoms with Crippen molar-refractivity contribution in [2.75, 3.05) is 7.11 Å². The maximum Gasteiger partial charge on any atom is 0.271 e. The molecule has 1 heterocycles. The minimum atomic E-state index is -0.223. The number of hydrogen-bond donors (Lipinski definition) is 1. The lowest BCUT2D eigenvalue weighted by atomic mass is 9.98. The van der Waals surface area contributed by atoms with Gasteiger partial charge < -0.3 is 9.15 Å². The van der Waals surface area contributed by atoms with E-state index in [1.54, 1.807) is 19.2 Å². The molecule has 1 aromatic heterocycles. The smallest absolute Gasteiger partial charge is 0.271 e. The monoisotopic (exact) mass is 412 g/mol. The SMILES string of the molecule is COc1ccc(CC(C)=NNC(=O)c2ccccc2)cc1-c1ccc2oc(C)cc2c1. The number of hydrogen-bond acceptors (Lipinski definition) is 4. The number of carbonyl (C=O) groups is 1. The van der Waals surface area contributed by atoms with Crippen molar-refractivity contribution in [3.8, 4) is 16.9 Å². The number of ether oxygens (including phenoxy) is 1. The second-order valence-corrected chi connectivity index (χ2v) is 7.48. The van der Waals surface area contributed by atoms with Gasteiger partial charge in [-0.1, -0.05) is 30.3 Å².